The summed E-state index contributed by atoms with van der Waals surface area (Å²) in [5.74, 6) is -0.873. The van der Waals surface area contributed by atoms with Crippen molar-refractivity contribution in [2.24, 2.45) is 5.73 Å². The van der Waals surface area contributed by atoms with Crippen LogP contribution in [-0.4, -0.2) is 34.0 Å². The quantitative estimate of drug-likeness (QED) is 0.439. The number of nitrogens with zero attached hydrogens (tertiary/aromatic N) is 2. The third-order valence-electron chi connectivity index (χ3n) is 4.62. The molecule has 1 heterocycles. The van der Waals surface area contributed by atoms with Gasteiger partial charge in [0.15, 0.2) is 0 Å². The number of nitrogens with one attached hydrogen (secondary N) is 1. The molecule has 0 bridgehead atoms. The number of nitrogens with two attached hydrogens (primary N) is 1. The second kappa shape index (κ2) is 11.4. The van der Waals surface area contributed by atoms with Gasteiger partial charge in [-0.15, -0.1) is 0 Å². The lowest BCUT2D eigenvalue weighted by Gasteiger charge is -2.15. The van der Waals surface area contributed by atoms with Crippen LogP contribution < -0.4 is 11.1 Å². The number of rotatable bonds is 11. The van der Waals surface area contributed by atoms with Crippen molar-refractivity contribution in [3.8, 4) is 11.4 Å². The minimum Gasteiger partial charge on any atom is -0.461 e. The fraction of sp³-hybridized carbons (Fsp3) is 0.261. The topological polar surface area (TPSA) is 137 Å². The van der Waals surface area contributed by atoms with Crippen molar-refractivity contribution in [2.75, 3.05) is 0 Å². The molecule has 0 saturated heterocycles. The molecule has 0 aliphatic carbocycles. The van der Waals surface area contributed by atoms with Crippen molar-refractivity contribution in [2.45, 2.75) is 38.3 Å². The van der Waals surface area contributed by atoms with Crippen LogP contribution in [0.5, 0.6) is 0 Å². The Hall–Kier alpha value is -4.01. The fourth-order valence-corrected chi connectivity index (χ4v) is 2.91. The van der Waals surface area contributed by atoms with Crippen LogP contribution in [0.1, 0.15) is 30.7 Å². The standard InChI is InChI=1S/C23H24N4O5/c24-22(30)18(11-14-21(29)31-15-16-7-3-1-4-8-16)25-19(28)12-13-20-26-23(27-32-20)17-9-5-2-6-10-17/h1-10,18H,11-15H2,(H2,24,30)(H,25,28)/t18-/m0/s1. The van der Waals surface area contributed by atoms with Crippen LogP contribution >= 0.6 is 0 Å². The average molecular weight is 436 g/mol. The van der Waals surface area contributed by atoms with E-state index in [-0.39, 0.29) is 32.3 Å². The lowest BCUT2D eigenvalue weighted by molar-refractivity contribution is -0.145. The molecule has 32 heavy (non-hydrogen) atoms. The fourth-order valence-electron chi connectivity index (χ4n) is 2.91. The third-order valence-corrected chi connectivity index (χ3v) is 4.62. The molecule has 0 fully saturated rings. The molecule has 0 unspecified atom stereocenters. The summed E-state index contributed by atoms with van der Waals surface area (Å²) in [5, 5.41) is 6.44. The number of aromatic nitrogens is 2. The summed E-state index contributed by atoms with van der Waals surface area (Å²) in [6.45, 7) is 0.141. The summed E-state index contributed by atoms with van der Waals surface area (Å²) in [6, 6.07) is 17.6. The highest BCUT2D eigenvalue weighted by atomic mass is 16.5. The molecule has 3 rings (SSSR count). The highest BCUT2D eigenvalue weighted by Crippen LogP contribution is 2.15. The molecule has 3 aromatic rings. The van der Waals surface area contributed by atoms with Crippen molar-refractivity contribution < 1.29 is 23.6 Å². The molecule has 1 aromatic heterocycles. The van der Waals surface area contributed by atoms with Crippen LogP contribution in [0.4, 0.5) is 0 Å². The molecule has 0 aliphatic rings. The number of carbonyl (C=O) groups is 3. The van der Waals surface area contributed by atoms with Crippen molar-refractivity contribution in [3.63, 3.8) is 0 Å². The number of carbonyl (C=O) groups excluding carboxylic acids is 3. The zero-order valence-corrected chi connectivity index (χ0v) is 17.4. The molecule has 1 atom stereocenters. The van der Waals surface area contributed by atoms with Crippen LogP contribution in [0.3, 0.4) is 0 Å². The highest BCUT2D eigenvalue weighted by Gasteiger charge is 2.20. The average Bonchev–Trinajstić information content (AvgIpc) is 3.29. The van der Waals surface area contributed by atoms with Crippen LogP contribution in [0, 0.1) is 0 Å². The first-order chi connectivity index (χ1) is 15.5. The number of amides is 2. The van der Waals surface area contributed by atoms with E-state index in [1.807, 2.05) is 60.7 Å². The smallest absolute Gasteiger partial charge is 0.306 e. The second-order valence-corrected chi connectivity index (χ2v) is 7.09. The lowest BCUT2D eigenvalue weighted by atomic mass is 10.1. The van der Waals surface area contributed by atoms with Crippen molar-refractivity contribution >= 4 is 17.8 Å². The van der Waals surface area contributed by atoms with E-state index in [2.05, 4.69) is 15.5 Å². The minimum absolute atomic E-state index is 0.0264. The van der Waals surface area contributed by atoms with Crippen LogP contribution in [0.2, 0.25) is 0 Å². The largest absolute Gasteiger partial charge is 0.461 e. The van der Waals surface area contributed by atoms with E-state index in [1.165, 1.54) is 0 Å². The molecular weight excluding hydrogens is 412 g/mol. The van der Waals surface area contributed by atoms with Gasteiger partial charge in [0.1, 0.15) is 12.6 Å². The van der Waals surface area contributed by atoms with Crippen LogP contribution in [0.25, 0.3) is 11.4 Å². The summed E-state index contributed by atoms with van der Waals surface area (Å²) in [5.41, 5.74) is 7.03. The Kier molecular flexibility index (Phi) is 8.08. The monoisotopic (exact) mass is 436 g/mol. The lowest BCUT2D eigenvalue weighted by Crippen LogP contribution is -2.44. The third kappa shape index (κ3) is 7.05. The van der Waals surface area contributed by atoms with Gasteiger partial charge < -0.3 is 20.3 Å². The number of aryl methyl sites for hydroxylation is 1. The van der Waals surface area contributed by atoms with E-state index in [9.17, 15) is 14.4 Å². The van der Waals surface area contributed by atoms with Gasteiger partial charge in [-0.3, -0.25) is 14.4 Å². The van der Waals surface area contributed by atoms with E-state index in [0.29, 0.717) is 11.7 Å². The molecule has 3 N–H and O–H groups in total. The Balaban J connectivity index is 1.42. The number of hydrogen-bond donors (Lipinski definition) is 2. The Morgan fingerprint density at radius 2 is 1.69 bits per heavy atom. The van der Waals surface area contributed by atoms with Crippen LogP contribution in [-0.2, 0) is 32.1 Å². The van der Waals surface area contributed by atoms with E-state index in [1.54, 1.807) is 0 Å². The van der Waals surface area contributed by atoms with Gasteiger partial charge in [0, 0.05) is 24.8 Å². The minimum atomic E-state index is -0.977. The summed E-state index contributed by atoms with van der Waals surface area (Å²) in [4.78, 5) is 40.1. The van der Waals surface area contributed by atoms with Gasteiger partial charge in [0.05, 0.1) is 0 Å². The van der Waals surface area contributed by atoms with Gasteiger partial charge in [-0.25, -0.2) is 0 Å². The highest BCUT2D eigenvalue weighted by molar-refractivity contribution is 5.87. The number of benzene rings is 2. The first-order valence-corrected chi connectivity index (χ1v) is 10.2. The Morgan fingerprint density at radius 3 is 2.38 bits per heavy atom. The Morgan fingerprint density at radius 1 is 1.00 bits per heavy atom. The van der Waals surface area contributed by atoms with Gasteiger partial charge in [-0.05, 0) is 12.0 Å². The molecule has 9 nitrogen and oxygen atoms in total. The van der Waals surface area contributed by atoms with Crippen molar-refractivity contribution in [1.29, 1.82) is 0 Å². The first kappa shape index (κ1) is 22.7. The maximum Gasteiger partial charge on any atom is 0.306 e. The molecule has 0 spiro atoms. The number of hydrogen-bond acceptors (Lipinski definition) is 7. The summed E-state index contributed by atoms with van der Waals surface area (Å²) >= 11 is 0. The van der Waals surface area contributed by atoms with Crippen molar-refractivity contribution in [1.82, 2.24) is 15.5 Å². The van der Waals surface area contributed by atoms with E-state index < -0.39 is 23.8 Å². The number of ether oxygens (including phenoxy) is 1. The van der Waals surface area contributed by atoms with E-state index in [0.717, 1.165) is 11.1 Å². The van der Waals surface area contributed by atoms with Gasteiger partial charge >= 0.3 is 5.97 Å². The molecule has 0 aliphatic heterocycles. The summed E-state index contributed by atoms with van der Waals surface area (Å²) in [6.07, 6.45) is 0.229. The molecule has 9 heteroatoms. The SMILES string of the molecule is NC(=O)[C@H](CCC(=O)OCc1ccccc1)NC(=O)CCc1nc(-c2ccccc2)no1. The van der Waals surface area contributed by atoms with E-state index in [4.69, 9.17) is 15.0 Å². The van der Waals surface area contributed by atoms with Crippen molar-refractivity contribution in [3.05, 3.63) is 72.1 Å². The molecule has 2 amide bonds. The molecule has 0 radical (unpaired) electrons. The predicted octanol–water partition coefficient (Wildman–Crippen LogP) is 2.16. The number of primary amides is 1. The Labute approximate surface area is 185 Å². The Bertz CT molecular complexity index is 1040. The maximum absolute atomic E-state index is 12.2. The normalized spacial score (nSPS) is 11.5. The maximum atomic E-state index is 12.2. The van der Waals surface area contributed by atoms with Crippen LogP contribution in [0.15, 0.2) is 65.2 Å². The molecule has 2 aromatic carbocycles. The second-order valence-electron chi connectivity index (χ2n) is 7.09. The summed E-state index contributed by atoms with van der Waals surface area (Å²) < 4.78 is 10.3. The zero-order chi connectivity index (χ0) is 22.8. The summed E-state index contributed by atoms with van der Waals surface area (Å²) in [7, 11) is 0. The van der Waals surface area contributed by atoms with Gasteiger partial charge in [-0.2, -0.15) is 4.98 Å². The molecule has 0 saturated carbocycles. The molecule has 166 valence electrons. The predicted molar refractivity (Wildman–Crippen MR) is 115 cm³/mol. The van der Waals surface area contributed by atoms with Gasteiger partial charge in [0.25, 0.3) is 0 Å². The van der Waals surface area contributed by atoms with Gasteiger partial charge in [-0.1, -0.05) is 65.8 Å². The zero-order valence-electron chi connectivity index (χ0n) is 17.4. The van der Waals surface area contributed by atoms with Gasteiger partial charge in [0.2, 0.25) is 23.5 Å². The number of esters is 1. The first-order valence-electron chi connectivity index (χ1n) is 10.2. The van der Waals surface area contributed by atoms with E-state index >= 15 is 0 Å². The molecular formula is C23H24N4O5.